The fourth-order valence-electron chi connectivity index (χ4n) is 4.37. The Morgan fingerprint density at radius 1 is 1.41 bits per heavy atom. The highest BCUT2D eigenvalue weighted by Gasteiger charge is 2.63. The molecule has 186 valence electrons. The van der Waals surface area contributed by atoms with Gasteiger partial charge in [-0.25, -0.2) is 4.57 Å². The lowest BCUT2D eigenvalue weighted by atomic mass is 9.94. The fourth-order valence-corrected chi connectivity index (χ4v) is 5.80. The highest BCUT2D eigenvalue weighted by atomic mass is 31.2. The fraction of sp³-hybridized carbons (Fsp3) is 0.682. The van der Waals surface area contributed by atoms with Crippen LogP contribution >= 0.6 is 7.82 Å². The summed E-state index contributed by atoms with van der Waals surface area (Å²) >= 11 is 0. The van der Waals surface area contributed by atoms with Crippen LogP contribution < -0.4 is 0 Å². The van der Waals surface area contributed by atoms with Gasteiger partial charge in [0.1, 0.15) is 18.3 Å². The maximum absolute atomic E-state index is 13.0. The molecule has 1 saturated carbocycles. The summed E-state index contributed by atoms with van der Waals surface area (Å²) in [4.78, 5) is 37.0. The van der Waals surface area contributed by atoms with Gasteiger partial charge in [0, 0.05) is 6.20 Å². The molecule has 1 amide bonds. The molecule has 0 aromatic rings. The van der Waals surface area contributed by atoms with Gasteiger partial charge < -0.3 is 14.6 Å². The second-order valence-electron chi connectivity index (χ2n) is 8.89. The summed E-state index contributed by atoms with van der Waals surface area (Å²) in [6.07, 6.45) is 7.90. The molecule has 12 heteroatoms. The Bertz CT molecular complexity index is 954. The second-order valence-corrected chi connectivity index (χ2v) is 10.5. The summed E-state index contributed by atoms with van der Waals surface area (Å²) in [6, 6.07) is 0. The molecule has 2 saturated heterocycles. The van der Waals surface area contributed by atoms with E-state index in [9.17, 15) is 24.1 Å². The number of hydrogen-bond acceptors (Lipinski definition) is 10. The van der Waals surface area contributed by atoms with Gasteiger partial charge in [0.05, 0.1) is 25.6 Å². The number of amides is 1. The predicted molar refractivity (Wildman–Crippen MR) is 115 cm³/mol. The zero-order valence-electron chi connectivity index (χ0n) is 18.8. The van der Waals surface area contributed by atoms with E-state index in [1.165, 1.54) is 12.3 Å². The van der Waals surface area contributed by atoms with Crippen LogP contribution in [0, 0.1) is 18.3 Å². The average molecular weight is 497 g/mol. The number of allylic oxidation sites excluding steroid dienone is 1. The van der Waals surface area contributed by atoms with E-state index in [0.29, 0.717) is 0 Å². The van der Waals surface area contributed by atoms with Crippen LogP contribution in [-0.2, 0) is 42.0 Å². The number of ketones is 1. The molecule has 34 heavy (non-hydrogen) atoms. The average Bonchev–Trinajstić information content (AvgIpc) is 3.40. The van der Waals surface area contributed by atoms with E-state index in [0.717, 1.165) is 30.6 Å². The van der Waals surface area contributed by atoms with Crippen molar-refractivity contribution in [1.82, 2.24) is 4.90 Å². The quantitative estimate of drug-likeness (QED) is 0.238. The lowest BCUT2D eigenvalue weighted by molar-refractivity contribution is -0.154. The highest BCUT2D eigenvalue weighted by Crippen LogP contribution is 2.57. The number of terminal acetylenes is 1. The maximum Gasteiger partial charge on any atom is 0.475 e. The van der Waals surface area contributed by atoms with Crippen molar-refractivity contribution in [2.24, 2.45) is 5.92 Å². The Morgan fingerprint density at radius 2 is 2.15 bits per heavy atom. The molecule has 3 aliphatic heterocycles. The number of rotatable bonds is 7. The first-order valence-corrected chi connectivity index (χ1v) is 12.8. The van der Waals surface area contributed by atoms with Crippen LogP contribution in [0.5, 0.6) is 0 Å². The smallest absolute Gasteiger partial charge is 0.462 e. The van der Waals surface area contributed by atoms with Gasteiger partial charge in [0.15, 0.2) is 17.6 Å². The number of esters is 1. The number of fused-ring (bicyclic) bond motifs is 1. The largest absolute Gasteiger partial charge is 0.475 e. The normalized spacial score (nSPS) is 36.9. The third kappa shape index (κ3) is 4.98. The Labute approximate surface area is 197 Å². The summed E-state index contributed by atoms with van der Waals surface area (Å²) in [5.74, 6) is 0.360. The molecule has 1 aliphatic carbocycles. The predicted octanol–water partition coefficient (Wildman–Crippen LogP) is 1.44. The molecule has 4 rings (SSSR count). The lowest BCUT2D eigenvalue weighted by Crippen LogP contribution is -2.56. The summed E-state index contributed by atoms with van der Waals surface area (Å²) in [5.41, 5.74) is -2.17. The Balaban J connectivity index is 1.35. The van der Waals surface area contributed by atoms with Crippen molar-refractivity contribution in [3.05, 3.63) is 12.3 Å². The molecule has 1 unspecified atom stereocenters. The molecule has 0 radical (unpaired) electrons. The van der Waals surface area contributed by atoms with Crippen molar-refractivity contribution < 1.29 is 47.1 Å². The third-order valence-corrected chi connectivity index (χ3v) is 7.85. The summed E-state index contributed by atoms with van der Waals surface area (Å²) in [7, 11) is -4.15. The first kappa shape index (κ1) is 25.0. The Kier molecular flexibility index (Phi) is 7.29. The minimum Gasteiger partial charge on any atom is -0.462 e. The van der Waals surface area contributed by atoms with Crippen LogP contribution in [0.15, 0.2) is 12.3 Å². The van der Waals surface area contributed by atoms with Crippen LogP contribution in [0.2, 0.25) is 0 Å². The van der Waals surface area contributed by atoms with E-state index in [1.54, 1.807) is 6.92 Å². The van der Waals surface area contributed by atoms with Gasteiger partial charge in [0.25, 0.3) is 0 Å². The van der Waals surface area contributed by atoms with E-state index in [2.05, 4.69) is 5.92 Å². The minimum atomic E-state index is -4.15. The van der Waals surface area contributed by atoms with Crippen molar-refractivity contribution in [1.29, 1.82) is 0 Å². The molecule has 0 aromatic carbocycles. The molecule has 11 nitrogen and oxygen atoms in total. The summed E-state index contributed by atoms with van der Waals surface area (Å²) < 4.78 is 40.3. The van der Waals surface area contributed by atoms with Gasteiger partial charge in [0.2, 0.25) is 5.91 Å². The molecule has 3 fully saturated rings. The van der Waals surface area contributed by atoms with Crippen LogP contribution in [0.4, 0.5) is 0 Å². The molecule has 3 heterocycles. The summed E-state index contributed by atoms with van der Waals surface area (Å²) in [5, 5.41) is 11.2. The van der Waals surface area contributed by atoms with E-state index < -0.39 is 50.1 Å². The topological polar surface area (TPSA) is 138 Å². The van der Waals surface area contributed by atoms with Gasteiger partial charge in [-0.15, -0.1) is 6.42 Å². The SMILES string of the molecule is C#C[C@@]1(O)[C@@H]2O[P@@](=O)(OCCC(C)C(=O)OC3CCCC3)OC[C@H]2O[C@H]1N1C=CC(=O)CC1=O. The van der Waals surface area contributed by atoms with Gasteiger partial charge >= 0.3 is 13.8 Å². The van der Waals surface area contributed by atoms with E-state index in [1.807, 2.05) is 0 Å². The summed E-state index contributed by atoms with van der Waals surface area (Å²) in [6.45, 7) is 1.30. The highest BCUT2D eigenvalue weighted by molar-refractivity contribution is 7.48. The van der Waals surface area contributed by atoms with Crippen LogP contribution in [-0.4, -0.2) is 71.0 Å². The van der Waals surface area contributed by atoms with Crippen LogP contribution in [0.1, 0.15) is 45.4 Å². The lowest BCUT2D eigenvalue weighted by Gasteiger charge is -2.36. The Morgan fingerprint density at radius 3 is 2.82 bits per heavy atom. The van der Waals surface area contributed by atoms with Crippen LogP contribution in [0.25, 0.3) is 0 Å². The molecule has 0 aromatic heterocycles. The molecule has 4 aliphatic rings. The number of carbonyl (C=O) groups excluding carboxylic acids is 3. The van der Waals surface area contributed by atoms with Crippen molar-refractivity contribution >= 4 is 25.5 Å². The zero-order chi connectivity index (χ0) is 24.5. The van der Waals surface area contributed by atoms with Crippen molar-refractivity contribution in [3.63, 3.8) is 0 Å². The minimum absolute atomic E-state index is 0.0485. The van der Waals surface area contributed by atoms with Crippen molar-refractivity contribution in [2.75, 3.05) is 13.2 Å². The first-order valence-electron chi connectivity index (χ1n) is 11.3. The van der Waals surface area contributed by atoms with Crippen LogP contribution in [0.3, 0.4) is 0 Å². The second kappa shape index (κ2) is 9.90. The maximum atomic E-state index is 13.0. The Hall–Kier alpha value is -2.06. The van der Waals surface area contributed by atoms with Crippen molar-refractivity contribution in [2.45, 2.75) is 75.6 Å². The molecular formula is C22H28NO10P. The number of phosphoric acid groups is 1. The van der Waals surface area contributed by atoms with E-state index in [-0.39, 0.29) is 37.5 Å². The number of carbonyl (C=O) groups is 3. The third-order valence-electron chi connectivity index (χ3n) is 6.40. The van der Waals surface area contributed by atoms with E-state index >= 15 is 0 Å². The molecule has 0 spiro atoms. The number of hydrogen-bond donors (Lipinski definition) is 1. The number of ether oxygens (including phenoxy) is 2. The van der Waals surface area contributed by atoms with Gasteiger partial charge in [-0.3, -0.25) is 32.9 Å². The first-order chi connectivity index (χ1) is 16.1. The number of phosphoric ester groups is 1. The standard InChI is InChI=1S/C22H28NO10P/c1-3-22(27)19-17(32-21(22)23-10-8-15(24)12-18(23)25)13-30-34(28,33-19)29-11-9-14(2)20(26)31-16-6-4-5-7-16/h1,8,10,14,16-17,19,21,27H,4-7,9,11-13H2,2H3/t14?,17-,19-,21-,22-,34+/m1/s1. The van der Waals surface area contributed by atoms with Gasteiger partial charge in [-0.1, -0.05) is 12.8 Å². The molecule has 1 N–H and O–H groups in total. The number of aliphatic hydroxyl groups is 1. The monoisotopic (exact) mass is 497 g/mol. The van der Waals surface area contributed by atoms with Gasteiger partial charge in [-0.2, -0.15) is 0 Å². The molecule has 0 bridgehead atoms. The molecule has 6 atom stereocenters. The number of nitrogens with zero attached hydrogens (tertiary/aromatic N) is 1. The van der Waals surface area contributed by atoms with E-state index in [4.69, 9.17) is 29.5 Å². The van der Waals surface area contributed by atoms with Crippen molar-refractivity contribution in [3.8, 4) is 12.3 Å². The van der Waals surface area contributed by atoms with Gasteiger partial charge in [-0.05, 0) is 38.2 Å². The zero-order valence-corrected chi connectivity index (χ0v) is 19.7. The molecular weight excluding hydrogens is 469 g/mol.